The van der Waals surface area contributed by atoms with Crippen LogP contribution in [-0.2, 0) is 16.1 Å². The summed E-state index contributed by atoms with van der Waals surface area (Å²) in [6.45, 7) is 3.54. The quantitative estimate of drug-likeness (QED) is 0.453. The van der Waals surface area contributed by atoms with Gasteiger partial charge in [-0.15, -0.1) is 0 Å². The van der Waals surface area contributed by atoms with Crippen LogP contribution < -0.4 is 5.32 Å². The number of morpholine rings is 1. The Morgan fingerprint density at radius 1 is 1.25 bits per heavy atom. The average molecular weight is 381 g/mol. The third-order valence-electron chi connectivity index (χ3n) is 4.48. The van der Waals surface area contributed by atoms with Crippen LogP contribution in [0, 0.1) is 10.1 Å². The topological polar surface area (TPSA) is 84.7 Å². The van der Waals surface area contributed by atoms with E-state index in [0.29, 0.717) is 18.7 Å². The zero-order valence-electron chi connectivity index (χ0n) is 15.5. The van der Waals surface area contributed by atoms with Gasteiger partial charge in [-0.05, 0) is 17.2 Å². The molecule has 1 aliphatic rings. The summed E-state index contributed by atoms with van der Waals surface area (Å²) in [6.07, 6.45) is 2.88. The van der Waals surface area contributed by atoms with E-state index in [9.17, 15) is 14.9 Å². The molecule has 1 saturated heterocycles. The molecule has 0 bridgehead atoms. The van der Waals surface area contributed by atoms with Gasteiger partial charge >= 0.3 is 0 Å². The monoisotopic (exact) mass is 381 g/mol. The standard InChI is InChI=1S/C21H23N3O4/c25-21(10-9-17-7-4-8-19(13-17)24(26)27)22-14-20-16-23(11-12-28-20)15-18-5-2-1-3-6-18/h1-10,13,20H,11-12,14-16H2,(H,22,25)/b10-9+. The number of carbonyl (C=O) groups excluding carboxylic acids is 1. The van der Waals surface area contributed by atoms with Crippen LogP contribution in [0.2, 0.25) is 0 Å². The van der Waals surface area contributed by atoms with Crippen molar-refractivity contribution >= 4 is 17.7 Å². The number of hydrogen-bond acceptors (Lipinski definition) is 5. The minimum absolute atomic E-state index is 0.00308. The van der Waals surface area contributed by atoms with Gasteiger partial charge in [-0.2, -0.15) is 0 Å². The average Bonchev–Trinajstić information content (AvgIpc) is 2.72. The number of hydrogen-bond donors (Lipinski definition) is 1. The summed E-state index contributed by atoms with van der Waals surface area (Å²) in [6, 6.07) is 16.4. The van der Waals surface area contributed by atoms with Crippen molar-refractivity contribution in [3.8, 4) is 0 Å². The van der Waals surface area contributed by atoms with Gasteiger partial charge < -0.3 is 10.1 Å². The molecule has 0 radical (unpaired) electrons. The molecule has 7 nitrogen and oxygen atoms in total. The lowest BCUT2D eigenvalue weighted by Crippen LogP contribution is -2.46. The molecule has 1 N–H and O–H groups in total. The van der Waals surface area contributed by atoms with E-state index in [1.807, 2.05) is 18.2 Å². The number of carbonyl (C=O) groups is 1. The van der Waals surface area contributed by atoms with Crippen LogP contribution in [0.15, 0.2) is 60.7 Å². The van der Waals surface area contributed by atoms with Crippen LogP contribution in [0.3, 0.4) is 0 Å². The van der Waals surface area contributed by atoms with E-state index in [0.717, 1.165) is 19.6 Å². The first-order valence-corrected chi connectivity index (χ1v) is 9.18. The largest absolute Gasteiger partial charge is 0.374 e. The van der Waals surface area contributed by atoms with E-state index in [1.54, 1.807) is 18.2 Å². The van der Waals surface area contributed by atoms with E-state index >= 15 is 0 Å². The summed E-state index contributed by atoms with van der Waals surface area (Å²) in [5.41, 5.74) is 1.86. The van der Waals surface area contributed by atoms with Crippen molar-refractivity contribution in [2.45, 2.75) is 12.6 Å². The first-order valence-electron chi connectivity index (χ1n) is 9.18. The molecule has 0 saturated carbocycles. The zero-order valence-corrected chi connectivity index (χ0v) is 15.5. The molecule has 0 aromatic heterocycles. The minimum Gasteiger partial charge on any atom is -0.374 e. The Kier molecular flexibility index (Phi) is 6.89. The number of nitro groups is 1. The van der Waals surface area contributed by atoms with Crippen LogP contribution in [0.1, 0.15) is 11.1 Å². The Hall–Kier alpha value is -3.03. The molecule has 2 aromatic rings. The van der Waals surface area contributed by atoms with Crippen LogP contribution >= 0.6 is 0 Å². The van der Waals surface area contributed by atoms with E-state index < -0.39 is 4.92 Å². The highest BCUT2D eigenvalue weighted by molar-refractivity contribution is 5.91. The van der Waals surface area contributed by atoms with Crippen LogP contribution in [-0.4, -0.2) is 48.1 Å². The van der Waals surface area contributed by atoms with Gasteiger partial charge in [0.1, 0.15) is 0 Å². The maximum absolute atomic E-state index is 12.0. The van der Waals surface area contributed by atoms with Gasteiger partial charge in [-0.25, -0.2) is 0 Å². The third kappa shape index (κ3) is 6.00. The summed E-state index contributed by atoms with van der Waals surface area (Å²) < 4.78 is 5.75. The molecule has 7 heteroatoms. The molecular formula is C21H23N3O4. The number of benzene rings is 2. The molecule has 0 spiro atoms. The molecule has 1 fully saturated rings. The zero-order chi connectivity index (χ0) is 19.8. The highest BCUT2D eigenvalue weighted by Crippen LogP contribution is 2.14. The second-order valence-electron chi connectivity index (χ2n) is 6.64. The Morgan fingerprint density at radius 3 is 2.86 bits per heavy atom. The second-order valence-corrected chi connectivity index (χ2v) is 6.64. The molecule has 1 amide bonds. The van der Waals surface area contributed by atoms with Crippen molar-refractivity contribution in [2.75, 3.05) is 26.2 Å². The van der Waals surface area contributed by atoms with Crippen molar-refractivity contribution < 1.29 is 14.5 Å². The molecule has 0 aliphatic carbocycles. The van der Waals surface area contributed by atoms with E-state index in [-0.39, 0.29) is 17.7 Å². The molecular weight excluding hydrogens is 358 g/mol. The maximum atomic E-state index is 12.0. The Labute approximate surface area is 163 Å². The normalized spacial score (nSPS) is 17.5. The van der Waals surface area contributed by atoms with Crippen LogP contribution in [0.25, 0.3) is 6.08 Å². The Bertz CT molecular complexity index is 839. The van der Waals surface area contributed by atoms with E-state index in [4.69, 9.17) is 4.74 Å². The Morgan fingerprint density at radius 2 is 2.07 bits per heavy atom. The number of nitrogens with one attached hydrogen (secondary N) is 1. The molecule has 1 aliphatic heterocycles. The van der Waals surface area contributed by atoms with Gasteiger partial charge in [-0.3, -0.25) is 19.8 Å². The lowest BCUT2D eigenvalue weighted by molar-refractivity contribution is -0.384. The van der Waals surface area contributed by atoms with Gasteiger partial charge in [0.05, 0.1) is 17.6 Å². The smallest absolute Gasteiger partial charge is 0.270 e. The number of nitrogens with zero attached hydrogens (tertiary/aromatic N) is 2. The van der Waals surface area contributed by atoms with Crippen molar-refractivity contribution in [3.05, 3.63) is 81.9 Å². The Balaban J connectivity index is 1.46. The van der Waals surface area contributed by atoms with Gasteiger partial charge in [0.25, 0.3) is 5.69 Å². The fourth-order valence-electron chi connectivity index (χ4n) is 3.08. The molecule has 28 heavy (non-hydrogen) atoms. The number of ether oxygens (including phenoxy) is 1. The summed E-state index contributed by atoms with van der Waals surface area (Å²) in [5, 5.41) is 13.6. The summed E-state index contributed by atoms with van der Waals surface area (Å²) in [7, 11) is 0. The molecule has 1 heterocycles. The molecule has 1 atom stereocenters. The number of nitro benzene ring substituents is 1. The lowest BCUT2D eigenvalue weighted by atomic mass is 10.2. The number of non-ortho nitro benzene ring substituents is 1. The van der Waals surface area contributed by atoms with E-state index in [1.165, 1.54) is 23.8 Å². The first-order chi connectivity index (χ1) is 13.6. The van der Waals surface area contributed by atoms with Crippen LogP contribution in [0.4, 0.5) is 5.69 Å². The first kappa shape index (κ1) is 19.7. The predicted molar refractivity (Wildman–Crippen MR) is 107 cm³/mol. The van der Waals surface area contributed by atoms with Crippen molar-refractivity contribution in [3.63, 3.8) is 0 Å². The molecule has 3 rings (SSSR count). The minimum atomic E-state index is -0.459. The van der Waals surface area contributed by atoms with Crippen molar-refractivity contribution in [2.24, 2.45) is 0 Å². The molecule has 146 valence electrons. The van der Waals surface area contributed by atoms with E-state index in [2.05, 4.69) is 22.3 Å². The van der Waals surface area contributed by atoms with Crippen molar-refractivity contribution in [1.82, 2.24) is 10.2 Å². The summed E-state index contributed by atoms with van der Waals surface area (Å²) >= 11 is 0. The second kappa shape index (κ2) is 9.77. The highest BCUT2D eigenvalue weighted by atomic mass is 16.6. The third-order valence-corrected chi connectivity index (χ3v) is 4.48. The molecule has 2 aromatic carbocycles. The maximum Gasteiger partial charge on any atom is 0.270 e. The summed E-state index contributed by atoms with van der Waals surface area (Å²) in [5.74, 6) is -0.254. The SMILES string of the molecule is O=C(/C=C/c1cccc([N+](=O)[O-])c1)NCC1CN(Cc2ccccc2)CCO1. The van der Waals surface area contributed by atoms with Crippen molar-refractivity contribution in [1.29, 1.82) is 0 Å². The lowest BCUT2D eigenvalue weighted by Gasteiger charge is -2.33. The summed E-state index contributed by atoms with van der Waals surface area (Å²) in [4.78, 5) is 24.7. The van der Waals surface area contributed by atoms with Gasteiger partial charge in [-0.1, -0.05) is 42.5 Å². The van der Waals surface area contributed by atoms with Gasteiger partial charge in [0.15, 0.2) is 0 Å². The number of amides is 1. The predicted octanol–water partition coefficient (Wildman–Crippen LogP) is 2.63. The van der Waals surface area contributed by atoms with Crippen LogP contribution in [0.5, 0.6) is 0 Å². The number of rotatable bonds is 7. The molecule has 1 unspecified atom stereocenters. The van der Waals surface area contributed by atoms with Gasteiger partial charge in [0, 0.05) is 44.4 Å². The fourth-order valence-corrected chi connectivity index (χ4v) is 3.08. The fraction of sp³-hybridized carbons (Fsp3) is 0.286. The highest BCUT2D eigenvalue weighted by Gasteiger charge is 2.20. The van der Waals surface area contributed by atoms with Gasteiger partial charge in [0.2, 0.25) is 5.91 Å².